The molecule has 1 rings (SSSR count). The Kier molecular flexibility index (Phi) is 5.39. The molecule has 0 spiro atoms. The Morgan fingerprint density at radius 1 is 1.25 bits per heavy atom. The summed E-state index contributed by atoms with van der Waals surface area (Å²) in [5, 5.41) is 9.40. The highest BCUT2D eigenvalue weighted by molar-refractivity contribution is 5.78. The van der Waals surface area contributed by atoms with Crippen molar-refractivity contribution in [3.63, 3.8) is 0 Å². The summed E-state index contributed by atoms with van der Waals surface area (Å²) in [6, 6.07) is 0. The van der Waals surface area contributed by atoms with E-state index in [-0.39, 0.29) is 6.42 Å². The van der Waals surface area contributed by atoms with Crippen molar-refractivity contribution in [2.24, 2.45) is 0 Å². The minimum absolute atomic E-state index is 0.287. The fourth-order valence-electron chi connectivity index (χ4n) is 2.31. The summed E-state index contributed by atoms with van der Waals surface area (Å²) < 4.78 is 10.8. The Balaban J connectivity index is 2.71. The summed E-state index contributed by atoms with van der Waals surface area (Å²) in [5.41, 5.74) is -1.72. The van der Waals surface area contributed by atoms with Gasteiger partial charge in [-0.15, -0.1) is 0 Å². The van der Waals surface area contributed by atoms with E-state index in [1.165, 1.54) is 0 Å². The maximum absolute atomic E-state index is 12.0. The number of carboxylic acid groups (broad SMARTS) is 1. The number of rotatable bonds is 3. The van der Waals surface area contributed by atoms with Crippen molar-refractivity contribution in [3.05, 3.63) is 0 Å². The Bertz CT molecular complexity index is 363. The van der Waals surface area contributed by atoms with Crippen LogP contribution in [0.15, 0.2) is 0 Å². The van der Waals surface area contributed by atoms with E-state index in [1.54, 1.807) is 11.8 Å². The summed E-state index contributed by atoms with van der Waals surface area (Å²) >= 11 is 0. The van der Waals surface area contributed by atoms with Gasteiger partial charge in [-0.1, -0.05) is 0 Å². The van der Waals surface area contributed by atoms with Gasteiger partial charge in [0.2, 0.25) is 0 Å². The van der Waals surface area contributed by atoms with Crippen LogP contribution in [0.1, 0.15) is 47.0 Å². The smallest absolute Gasteiger partial charge is 0.410 e. The average molecular weight is 287 g/mol. The number of carbonyl (C=O) groups is 2. The van der Waals surface area contributed by atoms with Gasteiger partial charge in [0.05, 0.1) is 0 Å². The molecule has 0 saturated carbocycles. The van der Waals surface area contributed by atoms with Crippen LogP contribution >= 0.6 is 0 Å². The zero-order valence-corrected chi connectivity index (χ0v) is 12.8. The van der Waals surface area contributed by atoms with Crippen LogP contribution in [-0.4, -0.2) is 53.0 Å². The summed E-state index contributed by atoms with van der Waals surface area (Å²) in [6.07, 6.45) is 0.895. The largest absolute Gasteiger partial charge is 0.479 e. The lowest BCUT2D eigenvalue weighted by Crippen LogP contribution is -2.43. The second kappa shape index (κ2) is 6.43. The summed E-state index contributed by atoms with van der Waals surface area (Å²) in [4.78, 5) is 25.0. The lowest BCUT2D eigenvalue weighted by atomic mass is 9.95. The Labute approximate surface area is 120 Å². The Hall–Kier alpha value is -1.30. The molecule has 1 aliphatic heterocycles. The van der Waals surface area contributed by atoms with Crippen LogP contribution in [0.5, 0.6) is 0 Å². The van der Waals surface area contributed by atoms with Gasteiger partial charge in [0.1, 0.15) is 5.60 Å². The highest BCUT2D eigenvalue weighted by Gasteiger charge is 2.41. The molecule has 1 saturated heterocycles. The number of ether oxygens (including phenoxy) is 2. The first kappa shape index (κ1) is 16.8. The lowest BCUT2D eigenvalue weighted by Gasteiger charge is -2.28. The van der Waals surface area contributed by atoms with Gasteiger partial charge in [-0.2, -0.15) is 0 Å². The third-order valence-corrected chi connectivity index (χ3v) is 3.26. The molecule has 0 bridgehead atoms. The van der Waals surface area contributed by atoms with Crippen LogP contribution in [0.25, 0.3) is 0 Å². The molecule has 1 aliphatic rings. The van der Waals surface area contributed by atoms with Crippen molar-refractivity contribution in [2.45, 2.75) is 58.2 Å². The summed E-state index contributed by atoms with van der Waals surface area (Å²) in [5.74, 6) is -0.953. The van der Waals surface area contributed by atoms with Gasteiger partial charge < -0.3 is 19.5 Å². The quantitative estimate of drug-likeness (QED) is 0.861. The number of carbonyl (C=O) groups excluding carboxylic acids is 1. The molecule has 1 heterocycles. The number of nitrogens with zero attached hydrogens (tertiary/aromatic N) is 1. The maximum Gasteiger partial charge on any atom is 0.410 e. The number of likely N-dealkylation sites (tertiary alicyclic amines) is 1. The first-order chi connectivity index (χ1) is 9.20. The third-order valence-electron chi connectivity index (χ3n) is 3.26. The summed E-state index contributed by atoms with van der Waals surface area (Å²) in [6.45, 7) is 8.39. The van der Waals surface area contributed by atoms with E-state index in [9.17, 15) is 14.7 Å². The molecule has 1 fully saturated rings. The van der Waals surface area contributed by atoms with E-state index in [2.05, 4.69) is 0 Å². The number of aliphatic carboxylic acids is 1. The fraction of sp³-hybridized carbons (Fsp3) is 0.857. The molecule has 0 aromatic rings. The molecule has 1 atom stereocenters. The molecule has 6 nitrogen and oxygen atoms in total. The van der Waals surface area contributed by atoms with Crippen molar-refractivity contribution >= 4 is 12.1 Å². The van der Waals surface area contributed by atoms with E-state index >= 15 is 0 Å². The zero-order chi connectivity index (χ0) is 15.4. The molecule has 6 heteroatoms. The minimum Gasteiger partial charge on any atom is -0.479 e. The van der Waals surface area contributed by atoms with Crippen LogP contribution < -0.4 is 0 Å². The normalized spacial score (nSPS) is 24.1. The molecule has 1 unspecified atom stereocenters. The Morgan fingerprint density at radius 2 is 1.90 bits per heavy atom. The standard InChI is InChI=1S/C14H25NO5/c1-5-19-14(11(16)17)7-6-9-15(10-8-14)12(18)20-13(2,3)4/h5-10H2,1-4H3,(H,16,17). The van der Waals surface area contributed by atoms with Crippen molar-refractivity contribution in [2.75, 3.05) is 19.7 Å². The van der Waals surface area contributed by atoms with Crippen molar-refractivity contribution in [1.82, 2.24) is 4.90 Å². The number of hydrogen-bond acceptors (Lipinski definition) is 4. The van der Waals surface area contributed by atoms with Crippen LogP contribution in [0.2, 0.25) is 0 Å². The molecule has 116 valence electrons. The van der Waals surface area contributed by atoms with Crippen LogP contribution in [0.3, 0.4) is 0 Å². The lowest BCUT2D eigenvalue weighted by molar-refractivity contribution is -0.167. The molecule has 0 aliphatic carbocycles. The van der Waals surface area contributed by atoms with Crippen LogP contribution in [0.4, 0.5) is 4.79 Å². The van der Waals surface area contributed by atoms with E-state index < -0.39 is 23.3 Å². The van der Waals surface area contributed by atoms with E-state index in [1.807, 2.05) is 20.8 Å². The molecule has 1 amide bonds. The molecule has 0 radical (unpaired) electrons. The van der Waals surface area contributed by atoms with Gasteiger partial charge >= 0.3 is 12.1 Å². The maximum atomic E-state index is 12.0. The SMILES string of the molecule is CCOC1(C(=O)O)CCCN(C(=O)OC(C)(C)C)CC1. The van der Waals surface area contributed by atoms with Crippen molar-refractivity contribution in [3.8, 4) is 0 Å². The zero-order valence-electron chi connectivity index (χ0n) is 12.8. The Morgan fingerprint density at radius 3 is 2.40 bits per heavy atom. The van der Waals surface area contributed by atoms with Gasteiger partial charge in [-0.25, -0.2) is 9.59 Å². The van der Waals surface area contributed by atoms with E-state index in [0.717, 1.165) is 0 Å². The highest BCUT2D eigenvalue weighted by Crippen LogP contribution is 2.27. The number of amides is 1. The second-order valence-corrected chi connectivity index (χ2v) is 6.05. The van der Waals surface area contributed by atoms with E-state index in [4.69, 9.17) is 9.47 Å². The van der Waals surface area contributed by atoms with Crippen LogP contribution in [-0.2, 0) is 14.3 Å². The third kappa shape index (κ3) is 4.37. The molecule has 1 N–H and O–H groups in total. The first-order valence-corrected chi connectivity index (χ1v) is 7.05. The van der Waals surface area contributed by atoms with Crippen molar-refractivity contribution < 1.29 is 24.2 Å². The van der Waals surface area contributed by atoms with Gasteiger partial charge in [0.25, 0.3) is 0 Å². The molecule has 0 aromatic heterocycles. The van der Waals surface area contributed by atoms with E-state index in [0.29, 0.717) is 32.5 Å². The molecule has 0 aromatic carbocycles. The van der Waals surface area contributed by atoms with Gasteiger partial charge in [-0.05, 0) is 40.5 Å². The first-order valence-electron chi connectivity index (χ1n) is 7.05. The minimum atomic E-state index is -1.18. The van der Waals surface area contributed by atoms with Gasteiger partial charge in [0, 0.05) is 26.1 Å². The van der Waals surface area contributed by atoms with Gasteiger partial charge in [0.15, 0.2) is 5.60 Å². The fourth-order valence-corrected chi connectivity index (χ4v) is 2.31. The molecular formula is C14H25NO5. The second-order valence-electron chi connectivity index (χ2n) is 6.05. The predicted octanol–water partition coefficient (Wildman–Crippen LogP) is 2.27. The average Bonchev–Trinajstić information content (AvgIpc) is 2.51. The number of carboxylic acids is 1. The van der Waals surface area contributed by atoms with Crippen LogP contribution in [0, 0.1) is 0 Å². The summed E-state index contributed by atoms with van der Waals surface area (Å²) in [7, 11) is 0. The molecule has 20 heavy (non-hydrogen) atoms. The highest BCUT2D eigenvalue weighted by atomic mass is 16.6. The van der Waals surface area contributed by atoms with Gasteiger partial charge in [-0.3, -0.25) is 0 Å². The topological polar surface area (TPSA) is 76.1 Å². The monoisotopic (exact) mass is 287 g/mol. The predicted molar refractivity (Wildman–Crippen MR) is 73.7 cm³/mol. The molecular weight excluding hydrogens is 262 g/mol. The van der Waals surface area contributed by atoms with Crippen molar-refractivity contribution in [1.29, 1.82) is 0 Å². The number of hydrogen-bond donors (Lipinski definition) is 1.